The maximum atomic E-state index is 10.4. The van der Waals surface area contributed by atoms with E-state index in [2.05, 4.69) is 4.90 Å². The Labute approximate surface area is 84.4 Å². The lowest BCUT2D eigenvalue weighted by Crippen LogP contribution is -2.21. The van der Waals surface area contributed by atoms with Crippen molar-refractivity contribution in [2.24, 2.45) is 5.41 Å². The third-order valence-corrected chi connectivity index (χ3v) is 3.56. The van der Waals surface area contributed by atoms with Crippen molar-refractivity contribution in [3.05, 3.63) is 12.3 Å². The lowest BCUT2D eigenvalue weighted by molar-refractivity contribution is -0.131. The summed E-state index contributed by atoms with van der Waals surface area (Å²) in [6.07, 6.45) is 9.61. The molecule has 0 aromatic rings. The summed E-state index contributed by atoms with van der Waals surface area (Å²) in [7, 11) is 0. The fraction of sp³-hybridized carbons (Fsp3) is 0.727. The quantitative estimate of drug-likeness (QED) is 0.684. The summed E-state index contributed by atoms with van der Waals surface area (Å²) in [5.41, 5.74) is 0.531. The van der Waals surface area contributed by atoms with Crippen molar-refractivity contribution in [1.82, 2.24) is 4.90 Å². The molecule has 3 heteroatoms. The SMILES string of the molecule is O=C(O)/C=C/N1CCC2(CCCC2)C1. The third-order valence-electron chi connectivity index (χ3n) is 3.56. The molecule has 3 nitrogen and oxygen atoms in total. The maximum absolute atomic E-state index is 10.4. The molecule has 78 valence electrons. The van der Waals surface area contributed by atoms with Crippen molar-refractivity contribution in [2.75, 3.05) is 13.1 Å². The van der Waals surface area contributed by atoms with E-state index in [-0.39, 0.29) is 0 Å². The Morgan fingerprint density at radius 2 is 2.00 bits per heavy atom. The molecule has 1 saturated carbocycles. The van der Waals surface area contributed by atoms with Crippen LogP contribution < -0.4 is 0 Å². The topological polar surface area (TPSA) is 40.5 Å². The van der Waals surface area contributed by atoms with Crippen molar-refractivity contribution in [3.63, 3.8) is 0 Å². The van der Waals surface area contributed by atoms with Gasteiger partial charge in [-0.05, 0) is 24.7 Å². The fourth-order valence-electron chi connectivity index (χ4n) is 2.80. The van der Waals surface area contributed by atoms with Crippen LogP contribution >= 0.6 is 0 Å². The largest absolute Gasteiger partial charge is 0.478 e. The van der Waals surface area contributed by atoms with E-state index in [1.54, 1.807) is 6.20 Å². The molecule has 2 aliphatic rings. The van der Waals surface area contributed by atoms with Gasteiger partial charge in [-0.1, -0.05) is 12.8 Å². The number of carboxylic acids is 1. The predicted molar refractivity (Wildman–Crippen MR) is 53.9 cm³/mol. The van der Waals surface area contributed by atoms with E-state index in [1.807, 2.05) is 0 Å². The molecule has 1 saturated heterocycles. The van der Waals surface area contributed by atoms with Gasteiger partial charge in [-0.2, -0.15) is 0 Å². The number of rotatable bonds is 2. The number of hydrogen-bond acceptors (Lipinski definition) is 2. The van der Waals surface area contributed by atoms with E-state index in [0.717, 1.165) is 13.1 Å². The van der Waals surface area contributed by atoms with E-state index in [4.69, 9.17) is 5.11 Å². The van der Waals surface area contributed by atoms with Gasteiger partial charge >= 0.3 is 5.97 Å². The molecule has 0 atom stereocenters. The van der Waals surface area contributed by atoms with E-state index in [9.17, 15) is 4.79 Å². The van der Waals surface area contributed by atoms with Gasteiger partial charge in [-0.15, -0.1) is 0 Å². The van der Waals surface area contributed by atoms with Crippen LogP contribution in [0.25, 0.3) is 0 Å². The Hall–Kier alpha value is -0.990. The molecular formula is C11H17NO2. The molecule has 0 amide bonds. The summed E-state index contributed by atoms with van der Waals surface area (Å²) >= 11 is 0. The first-order valence-corrected chi connectivity index (χ1v) is 5.35. The number of likely N-dealkylation sites (tertiary alicyclic amines) is 1. The molecule has 2 fully saturated rings. The van der Waals surface area contributed by atoms with Crippen LogP contribution in [0.15, 0.2) is 12.3 Å². The van der Waals surface area contributed by atoms with Crippen LogP contribution in [0.1, 0.15) is 32.1 Å². The molecule has 0 bridgehead atoms. The van der Waals surface area contributed by atoms with Gasteiger partial charge in [0.15, 0.2) is 0 Å². The van der Waals surface area contributed by atoms with Crippen LogP contribution in [0.3, 0.4) is 0 Å². The summed E-state index contributed by atoms with van der Waals surface area (Å²) in [5.74, 6) is -0.850. The minimum Gasteiger partial charge on any atom is -0.478 e. The average molecular weight is 195 g/mol. The second-order valence-corrected chi connectivity index (χ2v) is 4.58. The predicted octanol–water partition coefficient (Wildman–Crippen LogP) is 1.85. The number of carbonyl (C=O) groups is 1. The summed E-state index contributed by atoms with van der Waals surface area (Å²) in [6.45, 7) is 2.10. The first-order chi connectivity index (χ1) is 6.70. The zero-order chi connectivity index (χ0) is 10.0. The van der Waals surface area contributed by atoms with Gasteiger partial charge in [0.25, 0.3) is 0 Å². The minimum absolute atomic E-state index is 0.531. The smallest absolute Gasteiger partial charge is 0.329 e. The molecular weight excluding hydrogens is 178 g/mol. The molecule has 0 unspecified atom stereocenters. The Bertz CT molecular complexity index is 254. The molecule has 0 radical (unpaired) electrons. The highest BCUT2D eigenvalue weighted by molar-refractivity contribution is 5.79. The summed E-state index contributed by atoms with van der Waals surface area (Å²) < 4.78 is 0. The second-order valence-electron chi connectivity index (χ2n) is 4.58. The van der Waals surface area contributed by atoms with Crippen LogP contribution in [-0.4, -0.2) is 29.1 Å². The highest BCUT2D eigenvalue weighted by Gasteiger charge is 2.39. The molecule has 1 aliphatic carbocycles. The number of aliphatic carboxylic acids is 1. The van der Waals surface area contributed by atoms with Crippen molar-refractivity contribution >= 4 is 5.97 Å². The van der Waals surface area contributed by atoms with Crippen molar-refractivity contribution < 1.29 is 9.90 Å². The second kappa shape index (κ2) is 3.64. The number of nitrogens with zero attached hydrogens (tertiary/aromatic N) is 1. The van der Waals surface area contributed by atoms with Gasteiger partial charge in [-0.25, -0.2) is 4.79 Å². The van der Waals surface area contributed by atoms with Crippen molar-refractivity contribution in [3.8, 4) is 0 Å². The van der Waals surface area contributed by atoms with Gasteiger partial charge in [0.2, 0.25) is 0 Å². The van der Waals surface area contributed by atoms with Crippen LogP contribution in [0.2, 0.25) is 0 Å². The van der Waals surface area contributed by atoms with Crippen molar-refractivity contribution in [2.45, 2.75) is 32.1 Å². The lowest BCUT2D eigenvalue weighted by Gasteiger charge is -2.22. The molecule has 1 heterocycles. The van der Waals surface area contributed by atoms with Crippen LogP contribution in [0, 0.1) is 5.41 Å². The van der Waals surface area contributed by atoms with Crippen molar-refractivity contribution in [1.29, 1.82) is 0 Å². The monoisotopic (exact) mass is 195 g/mol. The third kappa shape index (κ3) is 1.91. The molecule has 1 spiro atoms. The fourth-order valence-corrected chi connectivity index (χ4v) is 2.80. The summed E-state index contributed by atoms with van der Waals surface area (Å²) in [6, 6.07) is 0. The van der Waals surface area contributed by atoms with E-state index < -0.39 is 5.97 Å². The molecule has 1 aliphatic heterocycles. The summed E-state index contributed by atoms with van der Waals surface area (Å²) in [5, 5.41) is 8.52. The molecule has 0 aromatic carbocycles. The average Bonchev–Trinajstić information content (AvgIpc) is 2.74. The summed E-state index contributed by atoms with van der Waals surface area (Å²) in [4.78, 5) is 12.5. The molecule has 0 aromatic heterocycles. The highest BCUT2D eigenvalue weighted by atomic mass is 16.4. The zero-order valence-corrected chi connectivity index (χ0v) is 8.41. The Kier molecular flexibility index (Phi) is 2.48. The Morgan fingerprint density at radius 1 is 1.29 bits per heavy atom. The molecule has 1 N–H and O–H groups in total. The van der Waals surface area contributed by atoms with Crippen LogP contribution in [0.4, 0.5) is 0 Å². The van der Waals surface area contributed by atoms with E-state index >= 15 is 0 Å². The standard InChI is InChI=1S/C11H17NO2/c13-10(14)3-7-12-8-6-11(9-12)4-1-2-5-11/h3,7H,1-2,4-6,8-9H2,(H,13,14)/b7-3+. The van der Waals surface area contributed by atoms with Crippen LogP contribution in [0.5, 0.6) is 0 Å². The number of carboxylic acid groups (broad SMARTS) is 1. The lowest BCUT2D eigenvalue weighted by atomic mass is 9.86. The minimum atomic E-state index is -0.850. The highest BCUT2D eigenvalue weighted by Crippen LogP contribution is 2.45. The van der Waals surface area contributed by atoms with Gasteiger partial charge in [0.1, 0.15) is 0 Å². The number of hydrogen-bond donors (Lipinski definition) is 1. The molecule has 2 rings (SSSR count). The first kappa shape index (κ1) is 9.56. The van der Waals surface area contributed by atoms with E-state index in [0.29, 0.717) is 5.41 Å². The van der Waals surface area contributed by atoms with Gasteiger partial charge < -0.3 is 10.0 Å². The van der Waals surface area contributed by atoms with Gasteiger partial charge in [0.05, 0.1) is 0 Å². The first-order valence-electron chi connectivity index (χ1n) is 5.35. The molecule has 14 heavy (non-hydrogen) atoms. The van der Waals surface area contributed by atoms with Gasteiger partial charge in [0, 0.05) is 25.4 Å². The zero-order valence-electron chi connectivity index (χ0n) is 8.41. The Balaban J connectivity index is 1.91. The normalized spacial score (nSPS) is 25.3. The van der Waals surface area contributed by atoms with Crippen LogP contribution in [-0.2, 0) is 4.79 Å². The van der Waals surface area contributed by atoms with E-state index in [1.165, 1.54) is 38.2 Å². The maximum Gasteiger partial charge on any atom is 0.329 e. The van der Waals surface area contributed by atoms with Gasteiger partial charge in [-0.3, -0.25) is 0 Å². The Morgan fingerprint density at radius 3 is 2.64 bits per heavy atom.